The third kappa shape index (κ3) is 5.09. The number of methoxy groups -OCH3 is 2. The number of benzene rings is 1. The molecule has 1 N–H and O–H groups in total. The van der Waals surface area contributed by atoms with Crippen molar-refractivity contribution in [2.24, 2.45) is 4.99 Å². The summed E-state index contributed by atoms with van der Waals surface area (Å²) in [6, 6.07) is 5.86. The van der Waals surface area contributed by atoms with Crippen molar-refractivity contribution in [3.8, 4) is 11.5 Å². The van der Waals surface area contributed by atoms with Crippen LogP contribution in [0.1, 0.15) is 23.1 Å². The molecule has 0 saturated carbocycles. The Morgan fingerprint density at radius 1 is 1.32 bits per heavy atom. The van der Waals surface area contributed by atoms with Crippen molar-refractivity contribution in [1.82, 2.24) is 15.2 Å². The van der Waals surface area contributed by atoms with E-state index in [1.807, 2.05) is 37.7 Å². The van der Waals surface area contributed by atoms with Crippen LogP contribution in [0.25, 0.3) is 0 Å². The second-order valence-corrected chi connectivity index (χ2v) is 6.50. The number of hydrogen-bond acceptors (Lipinski definition) is 5. The average molecular weight is 362 g/mol. The van der Waals surface area contributed by atoms with Gasteiger partial charge in [0.25, 0.3) is 0 Å². The number of nitrogens with zero attached hydrogens (tertiary/aromatic N) is 3. The Bertz CT molecular complexity index is 715. The van der Waals surface area contributed by atoms with Gasteiger partial charge in [-0.25, -0.2) is 9.98 Å². The van der Waals surface area contributed by atoms with Crippen molar-refractivity contribution in [3.63, 3.8) is 0 Å². The van der Waals surface area contributed by atoms with E-state index in [9.17, 15) is 0 Å². The number of nitrogens with one attached hydrogen (secondary N) is 1. The Labute approximate surface area is 153 Å². The Balaban J connectivity index is 2.14. The van der Waals surface area contributed by atoms with E-state index in [0.29, 0.717) is 13.1 Å². The highest BCUT2D eigenvalue weighted by atomic mass is 32.1. The highest BCUT2D eigenvalue weighted by Gasteiger charge is 2.12. The molecule has 136 valence electrons. The number of aliphatic imine (C=N–C) groups is 1. The van der Waals surface area contributed by atoms with Crippen molar-refractivity contribution in [3.05, 3.63) is 39.8 Å². The smallest absolute Gasteiger partial charge is 0.194 e. The highest BCUT2D eigenvalue weighted by molar-refractivity contribution is 7.09. The second-order valence-electron chi connectivity index (χ2n) is 5.56. The monoisotopic (exact) mass is 362 g/mol. The molecule has 0 unspecified atom stereocenters. The molecule has 2 aromatic rings. The first kappa shape index (κ1) is 19.1. The van der Waals surface area contributed by atoms with Gasteiger partial charge in [0.15, 0.2) is 5.96 Å². The van der Waals surface area contributed by atoms with E-state index in [0.717, 1.165) is 35.3 Å². The van der Waals surface area contributed by atoms with Gasteiger partial charge in [-0.3, -0.25) is 0 Å². The van der Waals surface area contributed by atoms with Gasteiger partial charge >= 0.3 is 0 Å². The van der Waals surface area contributed by atoms with Gasteiger partial charge in [-0.1, -0.05) is 0 Å². The van der Waals surface area contributed by atoms with Crippen LogP contribution in [0, 0.1) is 6.92 Å². The molecule has 7 heteroatoms. The summed E-state index contributed by atoms with van der Waals surface area (Å²) in [7, 11) is 5.34. The van der Waals surface area contributed by atoms with Gasteiger partial charge in [0.2, 0.25) is 0 Å². The average Bonchev–Trinajstić information content (AvgIpc) is 3.03. The minimum absolute atomic E-state index is 0.628. The summed E-state index contributed by atoms with van der Waals surface area (Å²) < 4.78 is 10.7. The molecule has 0 aliphatic carbocycles. The van der Waals surface area contributed by atoms with E-state index in [2.05, 4.69) is 22.1 Å². The van der Waals surface area contributed by atoms with Gasteiger partial charge in [-0.2, -0.15) is 0 Å². The lowest BCUT2D eigenvalue weighted by Crippen LogP contribution is -2.38. The summed E-state index contributed by atoms with van der Waals surface area (Å²) in [5.74, 6) is 2.44. The lowest BCUT2D eigenvalue weighted by Gasteiger charge is -2.23. The number of thiazole rings is 1. The van der Waals surface area contributed by atoms with Crippen molar-refractivity contribution in [2.45, 2.75) is 26.9 Å². The van der Waals surface area contributed by atoms with Gasteiger partial charge in [0.1, 0.15) is 11.5 Å². The predicted molar refractivity (Wildman–Crippen MR) is 103 cm³/mol. The van der Waals surface area contributed by atoms with Crippen molar-refractivity contribution < 1.29 is 9.47 Å². The van der Waals surface area contributed by atoms with Crippen LogP contribution in [0.5, 0.6) is 11.5 Å². The Morgan fingerprint density at radius 2 is 2.12 bits per heavy atom. The van der Waals surface area contributed by atoms with E-state index in [1.165, 1.54) is 4.88 Å². The molecule has 0 amide bonds. The van der Waals surface area contributed by atoms with Gasteiger partial charge in [-0.05, 0) is 26.0 Å². The van der Waals surface area contributed by atoms with Gasteiger partial charge in [0, 0.05) is 36.6 Å². The molecule has 25 heavy (non-hydrogen) atoms. The van der Waals surface area contributed by atoms with Crippen LogP contribution in [0.3, 0.4) is 0 Å². The molecule has 2 rings (SSSR count). The Kier molecular flexibility index (Phi) is 7.06. The zero-order valence-electron chi connectivity index (χ0n) is 15.5. The van der Waals surface area contributed by atoms with E-state index < -0.39 is 0 Å². The van der Waals surface area contributed by atoms with E-state index in [1.54, 1.807) is 25.6 Å². The minimum Gasteiger partial charge on any atom is -0.497 e. The van der Waals surface area contributed by atoms with Gasteiger partial charge in [-0.15, -0.1) is 11.3 Å². The normalized spacial score (nSPS) is 11.3. The van der Waals surface area contributed by atoms with Crippen LogP contribution < -0.4 is 14.8 Å². The summed E-state index contributed by atoms with van der Waals surface area (Å²) in [4.78, 5) is 12.3. The number of aromatic nitrogens is 1. The number of rotatable bonds is 7. The molecular weight excluding hydrogens is 336 g/mol. The van der Waals surface area contributed by atoms with Crippen LogP contribution in [-0.4, -0.2) is 43.7 Å². The van der Waals surface area contributed by atoms with Crippen LogP contribution in [0.15, 0.2) is 28.7 Å². The summed E-state index contributed by atoms with van der Waals surface area (Å²) >= 11 is 1.64. The Hall–Kier alpha value is -2.28. The number of ether oxygens (including phenoxy) is 2. The highest BCUT2D eigenvalue weighted by Crippen LogP contribution is 2.25. The zero-order valence-corrected chi connectivity index (χ0v) is 16.3. The van der Waals surface area contributed by atoms with Crippen molar-refractivity contribution in [1.29, 1.82) is 0 Å². The number of hydrogen-bond donors (Lipinski definition) is 1. The SMILES string of the molecule is CCNC(=NCc1scnc1C)N(C)Cc1ccc(OC)cc1OC. The number of guanidine groups is 1. The maximum absolute atomic E-state index is 5.49. The van der Waals surface area contributed by atoms with Crippen molar-refractivity contribution in [2.75, 3.05) is 27.8 Å². The summed E-state index contributed by atoms with van der Waals surface area (Å²) in [6.07, 6.45) is 0. The third-order valence-electron chi connectivity index (χ3n) is 3.82. The lowest BCUT2D eigenvalue weighted by molar-refractivity contribution is 0.382. The fourth-order valence-corrected chi connectivity index (χ4v) is 3.11. The van der Waals surface area contributed by atoms with Crippen LogP contribution in [0.4, 0.5) is 0 Å². The molecule has 1 aromatic heterocycles. The van der Waals surface area contributed by atoms with E-state index >= 15 is 0 Å². The molecule has 0 saturated heterocycles. The summed E-state index contributed by atoms with van der Waals surface area (Å²) in [5.41, 5.74) is 3.98. The minimum atomic E-state index is 0.628. The maximum Gasteiger partial charge on any atom is 0.194 e. The van der Waals surface area contributed by atoms with E-state index in [4.69, 9.17) is 14.5 Å². The predicted octanol–water partition coefficient (Wildman–Crippen LogP) is 3.07. The molecule has 0 fully saturated rings. The third-order valence-corrected chi connectivity index (χ3v) is 4.74. The first-order valence-corrected chi connectivity index (χ1v) is 9.06. The summed E-state index contributed by atoms with van der Waals surface area (Å²) in [6.45, 7) is 6.20. The zero-order chi connectivity index (χ0) is 18.2. The van der Waals surface area contributed by atoms with Crippen molar-refractivity contribution >= 4 is 17.3 Å². The molecule has 0 spiro atoms. The first-order chi connectivity index (χ1) is 12.1. The fraction of sp³-hybridized carbons (Fsp3) is 0.444. The first-order valence-electron chi connectivity index (χ1n) is 8.18. The molecule has 1 aromatic carbocycles. The quantitative estimate of drug-likeness (QED) is 0.606. The molecule has 0 aliphatic heterocycles. The molecule has 0 bridgehead atoms. The molecule has 1 heterocycles. The van der Waals surface area contributed by atoms with Crippen LogP contribution >= 0.6 is 11.3 Å². The standard InChI is InChI=1S/C18H26N4O2S/c1-6-19-18(20-10-17-13(2)21-12-25-17)22(3)11-14-7-8-15(23-4)9-16(14)24-5/h7-9,12H,6,10-11H2,1-5H3,(H,19,20). The number of aryl methyl sites for hydroxylation is 1. The largest absolute Gasteiger partial charge is 0.497 e. The molecular formula is C18H26N4O2S. The van der Waals surface area contributed by atoms with Gasteiger partial charge < -0.3 is 19.7 Å². The summed E-state index contributed by atoms with van der Waals surface area (Å²) in [5, 5.41) is 3.34. The molecule has 0 aliphatic rings. The van der Waals surface area contributed by atoms with E-state index in [-0.39, 0.29) is 0 Å². The molecule has 6 nitrogen and oxygen atoms in total. The second kappa shape index (κ2) is 9.27. The van der Waals surface area contributed by atoms with Crippen LogP contribution in [-0.2, 0) is 13.1 Å². The van der Waals surface area contributed by atoms with Gasteiger partial charge in [0.05, 0.1) is 32.0 Å². The maximum atomic E-state index is 5.49. The Morgan fingerprint density at radius 3 is 2.72 bits per heavy atom. The van der Waals surface area contributed by atoms with Crippen LogP contribution in [0.2, 0.25) is 0 Å². The lowest BCUT2D eigenvalue weighted by atomic mass is 10.2. The topological polar surface area (TPSA) is 59.0 Å². The molecule has 0 radical (unpaired) electrons. The molecule has 0 atom stereocenters. The fourth-order valence-electron chi connectivity index (χ4n) is 2.41.